The zero-order chi connectivity index (χ0) is 15.2. The fraction of sp³-hybridized carbons (Fsp3) is 1.00. The first-order valence-electron chi connectivity index (χ1n) is 7.44. The fourth-order valence-electron chi connectivity index (χ4n) is 2.36. The molecule has 0 heterocycles. The Hall–Kier alpha value is -0.330. The monoisotopic (exact) mass is 296 g/mol. The molecule has 0 amide bonds. The topological polar surface area (TPSA) is 35.5 Å². The van der Waals surface area contributed by atoms with Gasteiger partial charge in [-0.2, -0.15) is 13.2 Å². The maximum absolute atomic E-state index is 12.1. The molecule has 1 unspecified atom stereocenters. The van der Waals surface area contributed by atoms with E-state index < -0.39 is 12.6 Å². The van der Waals surface area contributed by atoms with Gasteiger partial charge in [0.05, 0.1) is 13.0 Å². The standard InChI is InChI=1S/C14H27F3N2O/c1-3-13(11-20,18-12-5-6-12)7-4-9-19(2)10-8-14(15,16)17/h12,18,20H,3-11H2,1-2H3. The second-order valence-electron chi connectivity index (χ2n) is 5.98. The lowest BCUT2D eigenvalue weighted by Gasteiger charge is -2.33. The molecule has 0 spiro atoms. The van der Waals surface area contributed by atoms with Gasteiger partial charge in [-0.15, -0.1) is 0 Å². The minimum Gasteiger partial charge on any atom is -0.394 e. The van der Waals surface area contributed by atoms with Crippen LogP contribution >= 0.6 is 0 Å². The van der Waals surface area contributed by atoms with Crippen LogP contribution in [0.25, 0.3) is 0 Å². The fourth-order valence-corrected chi connectivity index (χ4v) is 2.36. The van der Waals surface area contributed by atoms with E-state index in [-0.39, 0.29) is 18.7 Å². The zero-order valence-corrected chi connectivity index (χ0v) is 12.5. The summed E-state index contributed by atoms with van der Waals surface area (Å²) < 4.78 is 36.4. The van der Waals surface area contributed by atoms with Gasteiger partial charge < -0.3 is 15.3 Å². The van der Waals surface area contributed by atoms with Gasteiger partial charge in [0, 0.05) is 18.1 Å². The van der Waals surface area contributed by atoms with Crippen LogP contribution in [0.15, 0.2) is 0 Å². The lowest BCUT2D eigenvalue weighted by atomic mass is 9.91. The van der Waals surface area contributed by atoms with Gasteiger partial charge in [0.1, 0.15) is 0 Å². The van der Waals surface area contributed by atoms with E-state index in [9.17, 15) is 18.3 Å². The average Bonchev–Trinajstić information content (AvgIpc) is 3.18. The SMILES string of the molecule is CCC(CO)(CCCN(C)CCC(F)(F)F)NC1CC1. The molecule has 1 fully saturated rings. The second-order valence-corrected chi connectivity index (χ2v) is 5.98. The Balaban J connectivity index is 2.25. The van der Waals surface area contributed by atoms with Crippen LogP contribution in [-0.2, 0) is 0 Å². The molecule has 0 bridgehead atoms. The van der Waals surface area contributed by atoms with E-state index in [1.54, 1.807) is 11.9 Å². The Kier molecular flexibility index (Phi) is 6.75. The first kappa shape index (κ1) is 17.7. The Labute approximate surface area is 119 Å². The minimum absolute atomic E-state index is 0.0395. The largest absolute Gasteiger partial charge is 0.394 e. The number of nitrogens with one attached hydrogen (secondary N) is 1. The third-order valence-corrected chi connectivity index (χ3v) is 4.04. The van der Waals surface area contributed by atoms with E-state index >= 15 is 0 Å². The number of halogens is 3. The van der Waals surface area contributed by atoms with Crippen LogP contribution < -0.4 is 5.32 Å². The van der Waals surface area contributed by atoms with Gasteiger partial charge in [-0.3, -0.25) is 0 Å². The molecule has 1 atom stereocenters. The molecule has 3 nitrogen and oxygen atoms in total. The van der Waals surface area contributed by atoms with Crippen LogP contribution in [0.5, 0.6) is 0 Å². The highest BCUT2D eigenvalue weighted by atomic mass is 19.4. The summed E-state index contributed by atoms with van der Waals surface area (Å²) in [5.41, 5.74) is -0.258. The highest BCUT2D eigenvalue weighted by molar-refractivity contribution is 4.94. The summed E-state index contributed by atoms with van der Waals surface area (Å²) in [6, 6.07) is 0.519. The Bertz CT molecular complexity index is 276. The molecule has 1 saturated carbocycles. The van der Waals surface area contributed by atoms with Crippen molar-refractivity contribution in [2.75, 3.05) is 26.7 Å². The van der Waals surface area contributed by atoms with Crippen molar-refractivity contribution in [1.82, 2.24) is 10.2 Å². The maximum atomic E-state index is 12.1. The molecule has 1 aliphatic rings. The molecule has 120 valence electrons. The number of aliphatic hydroxyl groups is 1. The lowest BCUT2D eigenvalue weighted by Crippen LogP contribution is -2.49. The van der Waals surface area contributed by atoms with Crippen molar-refractivity contribution in [3.05, 3.63) is 0 Å². The number of nitrogens with zero attached hydrogens (tertiary/aromatic N) is 1. The molecular weight excluding hydrogens is 269 g/mol. The zero-order valence-electron chi connectivity index (χ0n) is 12.5. The lowest BCUT2D eigenvalue weighted by molar-refractivity contribution is -0.137. The molecule has 0 radical (unpaired) electrons. The second kappa shape index (κ2) is 7.61. The highest BCUT2D eigenvalue weighted by Gasteiger charge is 2.34. The Morgan fingerprint density at radius 1 is 1.20 bits per heavy atom. The summed E-state index contributed by atoms with van der Waals surface area (Å²) in [4.78, 5) is 1.71. The number of hydrogen-bond acceptors (Lipinski definition) is 3. The first-order valence-corrected chi connectivity index (χ1v) is 7.44. The summed E-state index contributed by atoms with van der Waals surface area (Å²) in [5.74, 6) is 0. The van der Waals surface area contributed by atoms with E-state index in [0.717, 1.165) is 32.1 Å². The molecule has 0 aliphatic heterocycles. The van der Waals surface area contributed by atoms with Gasteiger partial charge in [0.25, 0.3) is 0 Å². The molecule has 6 heteroatoms. The third-order valence-electron chi connectivity index (χ3n) is 4.04. The molecule has 20 heavy (non-hydrogen) atoms. The highest BCUT2D eigenvalue weighted by Crippen LogP contribution is 2.27. The van der Waals surface area contributed by atoms with Crippen LogP contribution in [0, 0.1) is 0 Å². The van der Waals surface area contributed by atoms with Crippen molar-refractivity contribution in [3.63, 3.8) is 0 Å². The maximum Gasteiger partial charge on any atom is 0.390 e. The van der Waals surface area contributed by atoms with Gasteiger partial charge >= 0.3 is 6.18 Å². The van der Waals surface area contributed by atoms with Crippen molar-refractivity contribution < 1.29 is 18.3 Å². The molecular formula is C14H27F3N2O. The van der Waals surface area contributed by atoms with Gasteiger partial charge in [-0.1, -0.05) is 6.92 Å². The molecule has 0 aromatic heterocycles. The van der Waals surface area contributed by atoms with Crippen LogP contribution in [0.3, 0.4) is 0 Å². The van der Waals surface area contributed by atoms with Crippen molar-refractivity contribution >= 4 is 0 Å². The molecule has 1 aliphatic carbocycles. The normalized spacial score (nSPS) is 19.4. The molecule has 1 rings (SSSR count). The average molecular weight is 296 g/mol. The first-order chi connectivity index (χ1) is 9.30. The quantitative estimate of drug-likeness (QED) is 0.650. The minimum atomic E-state index is -4.08. The van der Waals surface area contributed by atoms with Crippen LogP contribution in [0.2, 0.25) is 0 Å². The van der Waals surface area contributed by atoms with E-state index in [4.69, 9.17) is 0 Å². The van der Waals surface area contributed by atoms with Gasteiger partial charge in [-0.05, 0) is 45.7 Å². The number of hydrogen-bond donors (Lipinski definition) is 2. The molecule has 0 aromatic rings. The van der Waals surface area contributed by atoms with E-state index in [1.165, 1.54) is 0 Å². The number of aliphatic hydroxyl groups excluding tert-OH is 1. The number of alkyl halides is 3. The predicted molar refractivity (Wildman–Crippen MR) is 73.7 cm³/mol. The number of rotatable bonds is 10. The van der Waals surface area contributed by atoms with Gasteiger partial charge in [0.2, 0.25) is 0 Å². The summed E-state index contributed by atoms with van der Waals surface area (Å²) in [6.07, 6.45) is -0.0924. The van der Waals surface area contributed by atoms with Crippen molar-refractivity contribution in [1.29, 1.82) is 0 Å². The summed E-state index contributed by atoms with van der Waals surface area (Å²) >= 11 is 0. The summed E-state index contributed by atoms with van der Waals surface area (Å²) in [6.45, 7) is 2.80. The van der Waals surface area contributed by atoms with Crippen LogP contribution in [0.4, 0.5) is 13.2 Å². The van der Waals surface area contributed by atoms with Crippen LogP contribution in [0.1, 0.15) is 45.4 Å². The predicted octanol–water partition coefficient (Wildman–Crippen LogP) is 2.54. The van der Waals surface area contributed by atoms with E-state index in [0.29, 0.717) is 12.6 Å². The van der Waals surface area contributed by atoms with Crippen molar-refractivity contribution in [3.8, 4) is 0 Å². The van der Waals surface area contributed by atoms with Crippen molar-refractivity contribution in [2.45, 2.75) is 63.2 Å². The van der Waals surface area contributed by atoms with Crippen molar-refractivity contribution in [2.24, 2.45) is 0 Å². The Morgan fingerprint density at radius 2 is 1.85 bits per heavy atom. The Morgan fingerprint density at radius 3 is 2.30 bits per heavy atom. The van der Waals surface area contributed by atoms with E-state index in [2.05, 4.69) is 5.32 Å². The van der Waals surface area contributed by atoms with Gasteiger partial charge in [0.15, 0.2) is 0 Å². The third kappa shape index (κ3) is 6.90. The smallest absolute Gasteiger partial charge is 0.390 e. The van der Waals surface area contributed by atoms with E-state index in [1.807, 2.05) is 6.92 Å². The summed E-state index contributed by atoms with van der Waals surface area (Å²) in [5, 5.41) is 13.1. The molecule has 0 saturated heterocycles. The molecule has 0 aromatic carbocycles. The van der Waals surface area contributed by atoms with Crippen LogP contribution in [-0.4, -0.2) is 54.5 Å². The molecule has 2 N–H and O–H groups in total. The summed E-state index contributed by atoms with van der Waals surface area (Å²) in [7, 11) is 1.71. The van der Waals surface area contributed by atoms with Gasteiger partial charge in [-0.25, -0.2) is 0 Å².